The number of carbonyl (C=O) groups is 1. The zero-order valence-corrected chi connectivity index (χ0v) is 8.07. The van der Waals surface area contributed by atoms with Crippen LogP contribution in [0.4, 0.5) is 5.69 Å². The molecular weight excluding hydrogens is 216 g/mol. The highest BCUT2D eigenvalue weighted by atomic mass is 16.6. The number of nitrogens with zero attached hydrogens (tertiary/aromatic N) is 2. The number of nitro groups is 1. The van der Waals surface area contributed by atoms with E-state index < -0.39 is 23.4 Å². The Bertz CT molecular complexity index is 414. The average Bonchev–Trinajstić information content (AvgIpc) is 2.25. The normalized spacial score (nSPS) is 11.8. The Kier molecular flexibility index (Phi) is 3.65. The predicted molar refractivity (Wildman–Crippen MR) is 53.9 cm³/mol. The van der Waals surface area contributed by atoms with Gasteiger partial charge in [0.25, 0.3) is 5.69 Å². The van der Waals surface area contributed by atoms with Crippen LogP contribution in [-0.4, -0.2) is 16.0 Å². The maximum Gasteiger partial charge on any atom is 0.306 e. The average molecular weight is 224 g/mol. The Hall–Kier alpha value is -2.31. The highest BCUT2D eigenvalue weighted by molar-refractivity contribution is 5.68. The molecule has 0 radical (unpaired) electrons. The van der Waals surface area contributed by atoms with E-state index in [-0.39, 0.29) is 5.69 Å². The summed E-state index contributed by atoms with van der Waals surface area (Å²) in [5.41, 5.74) is 0.228. The summed E-state index contributed by atoms with van der Waals surface area (Å²) in [5.74, 6) is -1.15. The van der Waals surface area contributed by atoms with Gasteiger partial charge in [0.15, 0.2) is 0 Å². The van der Waals surface area contributed by atoms with Gasteiger partial charge in [-0.2, -0.15) is 4.91 Å². The summed E-state index contributed by atoms with van der Waals surface area (Å²) in [4.78, 5) is 30.6. The van der Waals surface area contributed by atoms with Gasteiger partial charge in [0, 0.05) is 12.1 Å². The molecule has 1 N–H and O–H groups in total. The second-order valence-corrected chi connectivity index (χ2v) is 3.07. The first-order chi connectivity index (χ1) is 7.54. The third-order valence-corrected chi connectivity index (χ3v) is 1.98. The molecule has 1 aromatic carbocycles. The van der Waals surface area contributed by atoms with Crippen molar-refractivity contribution in [2.24, 2.45) is 5.18 Å². The minimum atomic E-state index is -1.15. The summed E-state index contributed by atoms with van der Waals surface area (Å²) in [7, 11) is 0. The van der Waals surface area contributed by atoms with Crippen LogP contribution in [-0.2, 0) is 4.79 Å². The fourth-order valence-electron chi connectivity index (χ4n) is 1.20. The van der Waals surface area contributed by atoms with Crippen LogP contribution >= 0.6 is 0 Å². The van der Waals surface area contributed by atoms with Crippen LogP contribution in [0.1, 0.15) is 18.0 Å². The highest BCUT2D eigenvalue weighted by Crippen LogP contribution is 2.23. The lowest BCUT2D eigenvalue weighted by Crippen LogP contribution is -2.03. The summed E-state index contributed by atoms with van der Waals surface area (Å²) in [5, 5.41) is 21.5. The van der Waals surface area contributed by atoms with Gasteiger partial charge in [-0.3, -0.25) is 14.9 Å². The molecule has 0 saturated carbocycles. The smallest absolute Gasteiger partial charge is 0.306 e. The lowest BCUT2D eigenvalue weighted by atomic mass is 10.0. The molecule has 0 amide bonds. The molecule has 0 aliphatic carbocycles. The number of carboxylic acids is 1. The third-order valence-electron chi connectivity index (χ3n) is 1.98. The molecule has 0 fully saturated rings. The Balaban J connectivity index is 2.90. The van der Waals surface area contributed by atoms with Crippen LogP contribution in [0.3, 0.4) is 0 Å². The summed E-state index contributed by atoms with van der Waals surface area (Å²) in [6, 6.07) is 4.05. The SMILES string of the molecule is O=NC(CC(=O)O)c1ccc([N+](=O)[O-])cc1. The minimum Gasteiger partial charge on any atom is -0.481 e. The van der Waals surface area contributed by atoms with Gasteiger partial charge < -0.3 is 5.11 Å². The van der Waals surface area contributed by atoms with Crippen LogP contribution in [0.5, 0.6) is 0 Å². The van der Waals surface area contributed by atoms with Gasteiger partial charge >= 0.3 is 5.97 Å². The number of rotatable bonds is 5. The van der Waals surface area contributed by atoms with Crippen LogP contribution in [0.25, 0.3) is 0 Å². The van der Waals surface area contributed by atoms with Crippen LogP contribution in [0, 0.1) is 15.0 Å². The minimum absolute atomic E-state index is 0.122. The van der Waals surface area contributed by atoms with E-state index in [0.29, 0.717) is 5.56 Å². The molecule has 1 unspecified atom stereocenters. The van der Waals surface area contributed by atoms with Crippen molar-refractivity contribution in [1.82, 2.24) is 0 Å². The molecule has 0 heterocycles. The number of hydrogen-bond donors (Lipinski definition) is 1. The Labute approximate surface area is 89.8 Å². The molecule has 0 saturated heterocycles. The van der Waals surface area contributed by atoms with Crippen molar-refractivity contribution in [1.29, 1.82) is 0 Å². The van der Waals surface area contributed by atoms with Crippen molar-refractivity contribution in [3.8, 4) is 0 Å². The zero-order valence-electron chi connectivity index (χ0n) is 8.07. The summed E-state index contributed by atoms with van der Waals surface area (Å²) >= 11 is 0. The van der Waals surface area contributed by atoms with Gasteiger partial charge in [-0.05, 0) is 17.7 Å². The van der Waals surface area contributed by atoms with Gasteiger partial charge in [0.1, 0.15) is 6.04 Å². The molecule has 0 aromatic heterocycles. The molecule has 0 spiro atoms. The topological polar surface area (TPSA) is 110 Å². The first-order valence-corrected chi connectivity index (χ1v) is 4.33. The molecule has 7 heteroatoms. The molecule has 0 bridgehead atoms. The molecule has 1 rings (SSSR count). The van der Waals surface area contributed by atoms with Gasteiger partial charge in [-0.1, -0.05) is 5.18 Å². The van der Waals surface area contributed by atoms with E-state index in [1.54, 1.807) is 0 Å². The van der Waals surface area contributed by atoms with Crippen LogP contribution < -0.4 is 0 Å². The summed E-state index contributed by atoms with van der Waals surface area (Å²) in [6.07, 6.45) is -0.429. The van der Waals surface area contributed by atoms with E-state index in [2.05, 4.69) is 5.18 Å². The number of benzene rings is 1. The Morgan fingerprint density at radius 1 is 1.44 bits per heavy atom. The first-order valence-electron chi connectivity index (χ1n) is 4.33. The molecule has 1 atom stereocenters. The second-order valence-electron chi connectivity index (χ2n) is 3.07. The first kappa shape index (κ1) is 11.8. The number of non-ortho nitro benzene ring substituents is 1. The maximum atomic E-state index is 10.4. The summed E-state index contributed by atoms with van der Waals surface area (Å²) in [6.45, 7) is 0. The number of nitroso groups, excluding NO2 is 1. The lowest BCUT2D eigenvalue weighted by molar-refractivity contribution is -0.384. The van der Waals surface area contributed by atoms with Crippen molar-refractivity contribution >= 4 is 11.7 Å². The van der Waals surface area contributed by atoms with Gasteiger partial charge in [-0.25, -0.2) is 0 Å². The fourth-order valence-corrected chi connectivity index (χ4v) is 1.20. The van der Waals surface area contributed by atoms with Crippen LogP contribution in [0.15, 0.2) is 29.4 Å². The van der Waals surface area contributed by atoms with Crippen molar-refractivity contribution < 1.29 is 14.8 Å². The monoisotopic (exact) mass is 224 g/mol. The van der Waals surface area contributed by atoms with Gasteiger partial charge in [0.2, 0.25) is 0 Å². The second kappa shape index (κ2) is 4.96. The van der Waals surface area contributed by atoms with Gasteiger partial charge in [-0.15, -0.1) is 0 Å². The Morgan fingerprint density at radius 3 is 2.38 bits per heavy atom. The summed E-state index contributed by atoms with van der Waals surface area (Å²) < 4.78 is 0. The molecule has 0 aliphatic rings. The zero-order chi connectivity index (χ0) is 12.1. The predicted octanol–water partition coefficient (Wildman–Crippen LogP) is 1.88. The number of aliphatic carboxylic acids is 1. The number of nitro benzene ring substituents is 1. The molecule has 0 aliphatic heterocycles. The van der Waals surface area contributed by atoms with Crippen LogP contribution in [0.2, 0.25) is 0 Å². The molecule has 84 valence electrons. The van der Waals surface area contributed by atoms with E-state index >= 15 is 0 Å². The van der Waals surface area contributed by atoms with E-state index in [4.69, 9.17) is 5.11 Å². The van der Waals surface area contributed by atoms with Crippen molar-refractivity contribution in [2.75, 3.05) is 0 Å². The van der Waals surface area contributed by atoms with Crippen molar-refractivity contribution in [3.63, 3.8) is 0 Å². The molecular formula is C9H8N2O5. The standard InChI is InChI=1S/C9H8N2O5/c12-9(13)5-8(10-14)6-1-3-7(4-2-6)11(15)16/h1-4,8H,5H2,(H,12,13). The molecule has 16 heavy (non-hydrogen) atoms. The number of hydrogen-bond acceptors (Lipinski definition) is 5. The van der Waals surface area contributed by atoms with E-state index in [0.717, 1.165) is 0 Å². The largest absolute Gasteiger partial charge is 0.481 e. The van der Waals surface area contributed by atoms with Crippen molar-refractivity contribution in [2.45, 2.75) is 12.5 Å². The van der Waals surface area contributed by atoms with Crippen molar-refractivity contribution in [3.05, 3.63) is 44.9 Å². The quantitative estimate of drug-likeness (QED) is 0.466. The third kappa shape index (κ3) is 2.84. The van der Waals surface area contributed by atoms with E-state index in [1.165, 1.54) is 24.3 Å². The fraction of sp³-hybridized carbons (Fsp3) is 0.222. The number of carboxylic acid groups (broad SMARTS) is 1. The molecule has 1 aromatic rings. The highest BCUT2D eigenvalue weighted by Gasteiger charge is 2.17. The van der Waals surface area contributed by atoms with E-state index in [9.17, 15) is 19.8 Å². The molecule has 7 nitrogen and oxygen atoms in total. The Morgan fingerprint density at radius 2 is 2.00 bits per heavy atom. The van der Waals surface area contributed by atoms with E-state index in [1.807, 2.05) is 0 Å². The van der Waals surface area contributed by atoms with Gasteiger partial charge in [0.05, 0.1) is 11.3 Å². The maximum absolute atomic E-state index is 10.4. The lowest BCUT2D eigenvalue weighted by Gasteiger charge is -2.05.